The van der Waals surface area contributed by atoms with E-state index in [1.54, 1.807) is 23.1 Å². The molecule has 1 saturated heterocycles. The molecule has 0 N–H and O–H groups in total. The highest BCUT2D eigenvalue weighted by molar-refractivity contribution is 7.85. The number of ether oxygens (including phenoxy) is 1. The summed E-state index contributed by atoms with van der Waals surface area (Å²) in [6.45, 7) is 4.00. The Labute approximate surface area is 193 Å². The minimum absolute atomic E-state index is 0.124. The molecule has 164 valence electrons. The number of hydrogen-bond acceptors (Lipinski definition) is 6. The fourth-order valence-electron chi connectivity index (χ4n) is 3.51. The second kappa shape index (κ2) is 10.1. The molecular weight excluding hydrogens is 459 g/mol. The third kappa shape index (κ3) is 5.83. The molecule has 0 saturated carbocycles. The number of rotatable bonds is 6. The topological polar surface area (TPSA) is 74.6 Å². The van der Waals surface area contributed by atoms with Gasteiger partial charge in [-0.1, -0.05) is 29.3 Å². The van der Waals surface area contributed by atoms with Crippen molar-refractivity contribution >= 4 is 45.8 Å². The van der Waals surface area contributed by atoms with Crippen molar-refractivity contribution in [1.29, 1.82) is 0 Å². The molecular formula is C21H22Cl2N4O3S. The van der Waals surface area contributed by atoms with Crippen LogP contribution < -0.4 is 0 Å². The summed E-state index contributed by atoms with van der Waals surface area (Å²) in [6, 6.07) is 10.8. The van der Waals surface area contributed by atoms with E-state index >= 15 is 0 Å². The molecule has 1 fully saturated rings. The first-order valence-electron chi connectivity index (χ1n) is 9.96. The van der Waals surface area contributed by atoms with Gasteiger partial charge in [0.15, 0.2) is 0 Å². The van der Waals surface area contributed by atoms with E-state index in [0.29, 0.717) is 55.1 Å². The van der Waals surface area contributed by atoms with Gasteiger partial charge < -0.3 is 9.64 Å². The minimum Gasteiger partial charge on any atom is -0.445 e. The number of nitrogens with zero attached hydrogens (tertiary/aromatic N) is 4. The van der Waals surface area contributed by atoms with Crippen molar-refractivity contribution in [3.8, 4) is 0 Å². The lowest BCUT2D eigenvalue weighted by Gasteiger charge is -2.33. The van der Waals surface area contributed by atoms with Crippen LogP contribution in [0.1, 0.15) is 11.1 Å². The van der Waals surface area contributed by atoms with Gasteiger partial charge in [-0.05, 0) is 35.9 Å². The lowest BCUT2D eigenvalue weighted by molar-refractivity contribution is 0.0730. The van der Waals surface area contributed by atoms with E-state index in [9.17, 15) is 9.00 Å². The van der Waals surface area contributed by atoms with Crippen LogP contribution >= 0.6 is 23.2 Å². The SMILES string of the molecule is O=C(OCc1cc(Cl)cc(Cl)c1)N1CCN(CCS(=O)c2ccc3c(c2)N=NC3)CC1. The molecule has 0 aliphatic carbocycles. The standard InChI is InChI=1S/C21H22Cl2N4O3S/c22-17-9-15(10-18(23)11-17)14-30-21(28)27-5-3-26(4-6-27)7-8-31(29)19-2-1-16-13-24-25-20(16)12-19/h1-2,9-12H,3-8,13-14H2. The van der Waals surface area contributed by atoms with E-state index in [4.69, 9.17) is 27.9 Å². The van der Waals surface area contributed by atoms with Gasteiger partial charge in [0.1, 0.15) is 6.61 Å². The molecule has 1 atom stereocenters. The van der Waals surface area contributed by atoms with Crippen LogP contribution in [0.25, 0.3) is 0 Å². The van der Waals surface area contributed by atoms with Crippen molar-refractivity contribution in [2.24, 2.45) is 10.2 Å². The average Bonchev–Trinajstić information content (AvgIpc) is 3.23. The quantitative estimate of drug-likeness (QED) is 0.602. The number of benzene rings is 2. The molecule has 0 radical (unpaired) electrons. The number of carbonyl (C=O) groups excluding carboxylic acids is 1. The molecule has 2 aromatic carbocycles. The smallest absolute Gasteiger partial charge is 0.410 e. The van der Waals surface area contributed by atoms with Crippen molar-refractivity contribution < 1.29 is 13.7 Å². The molecule has 0 aromatic heterocycles. The molecule has 7 nitrogen and oxygen atoms in total. The summed E-state index contributed by atoms with van der Waals surface area (Å²) in [5.41, 5.74) is 2.64. The van der Waals surface area contributed by atoms with Crippen LogP contribution in [-0.4, -0.2) is 58.6 Å². The number of piperazine rings is 1. The Morgan fingerprint density at radius 1 is 1.06 bits per heavy atom. The van der Waals surface area contributed by atoms with Crippen molar-refractivity contribution in [3.63, 3.8) is 0 Å². The fraction of sp³-hybridized carbons (Fsp3) is 0.381. The summed E-state index contributed by atoms with van der Waals surface area (Å²) in [7, 11) is -1.09. The summed E-state index contributed by atoms with van der Waals surface area (Å²) >= 11 is 11.9. The second-order valence-electron chi connectivity index (χ2n) is 7.40. The number of carbonyl (C=O) groups is 1. The number of amides is 1. The molecule has 2 aromatic rings. The molecule has 1 amide bonds. The average molecular weight is 481 g/mol. The third-order valence-corrected chi connectivity index (χ3v) is 7.02. The second-order valence-corrected chi connectivity index (χ2v) is 9.84. The Morgan fingerprint density at radius 2 is 1.81 bits per heavy atom. The Morgan fingerprint density at radius 3 is 2.55 bits per heavy atom. The minimum atomic E-state index is -1.09. The predicted octanol–water partition coefficient (Wildman–Crippen LogP) is 4.65. The first-order valence-corrected chi connectivity index (χ1v) is 12.0. The van der Waals surface area contributed by atoms with Gasteiger partial charge in [-0.3, -0.25) is 9.11 Å². The molecule has 2 aliphatic heterocycles. The van der Waals surface area contributed by atoms with E-state index in [1.807, 2.05) is 18.2 Å². The summed E-state index contributed by atoms with van der Waals surface area (Å²) in [4.78, 5) is 17.0. The molecule has 2 heterocycles. The van der Waals surface area contributed by atoms with Gasteiger partial charge in [-0.2, -0.15) is 10.2 Å². The summed E-state index contributed by atoms with van der Waals surface area (Å²) in [5.74, 6) is 0.538. The Balaban J connectivity index is 1.20. The molecule has 0 spiro atoms. The number of halogens is 2. The van der Waals surface area contributed by atoms with Crippen LogP contribution in [0.5, 0.6) is 0 Å². The van der Waals surface area contributed by atoms with Gasteiger partial charge in [0.2, 0.25) is 0 Å². The van der Waals surface area contributed by atoms with Crippen LogP contribution in [-0.2, 0) is 28.7 Å². The normalized spacial score (nSPS) is 16.9. The monoisotopic (exact) mass is 480 g/mol. The molecule has 2 aliphatic rings. The van der Waals surface area contributed by atoms with E-state index in [-0.39, 0.29) is 12.7 Å². The molecule has 31 heavy (non-hydrogen) atoms. The van der Waals surface area contributed by atoms with Crippen molar-refractivity contribution in [2.75, 3.05) is 38.5 Å². The van der Waals surface area contributed by atoms with Crippen LogP contribution in [0, 0.1) is 0 Å². The van der Waals surface area contributed by atoms with Gasteiger partial charge in [0, 0.05) is 59.0 Å². The van der Waals surface area contributed by atoms with Crippen LogP contribution in [0.2, 0.25) is 10.0 Å². The summed E-state index contributed by atoms with van der Waals surface area (Å²) in [6.07, 6.45) is -0.355. The highest BCUT2D eigenvalue weighted by atomic mass is 35.5. The molecule has 4 rings (SSSR count). The molecule has 1 unspecified atom stereocenters. The number of hydrogen-bond donors (Lipinski definition) is 0. The fourth-order valence-corrected chi connectivity index (χ4v) is 5.21. The maximum atomic E-state index is 12.6. The predicted molar refractivity (Wildman–Crippen MR) is 121 cm³/mol. The summed E-state index contributed by atoms with van der Waals surface area (Å²) in [5, 5.41) is 9.09. The first kappa shape index (κ1) is 22.2. The Bertz CT molecular complexity index is 1010. The van der Waals surface area contributed by atoms with E-state index in [0.717, 1.165) is 21.7 Å². The van der Waals surface area contributed by atoms with Gasteiger partial charge in [0.25, 0.3) is 0 Å². The van der Waals surface area contributed by atoms with Crippen LogP contribution in [0.15, 0.2) is 51.5 Å². The largest absolute Gasteiger partial charge is 0.445 e. The van der Waals surface area contributed by atoms with Crippen molar-refractivity contribution in [1.82, 2.24) is 9.80 Å². The Kier molecular flexibility index (Phi) is 7.22. The molecule has 0 bridgehead atoms. The van der Waals surface area contributed by atoms with Gasteiger partial charge >= 0.3 is 6.09 Å². The van der Waals surface area contributed by atoms with Gasteiger partial charge in [-0.25, -0.2) is 4.79 Å². The lowest BCUT2D eigenvalue weighted by Crippen LogP contribution is -2.49. The van der Waals surface area contributed by atoms with Crippen LogP contribution in [0.3, 0.4) is 0 Å². The zero-order valence-corrected chi connectivity index (χ0v) is 19.1. The number of fused-ring (bicyclic) bond motifs is 1. The zero-order valence-electron chi connectivity index (χ0n) is 16.8. The highest BCUT2D eigenvalue weighted by Gasteiger charge is 2.23. The van der Waals surface area contributed by atoms with E-state index in [2.05, 4.69) is 15.1 Å². The van der Waals surface area contributed by atoms with E-state index < -0.39 is 10.8 Å². The van der Waals surface area contributed by atoms with Gasteiger partial charge in [0.05, 0.1) is 23.0 Å². The van der Waals surface area contributed by atoms with Crippen molar-refractivity contribution in [3.05, 3.63) is 57.6 Å². The van der Waals surface area contributed by atoms with E-state index in [1.165, 1.54) is 0 Å². The Hall–Kier alpha value is -2.00. The van der Waals surface area contributed by atoms with Gasteiger partial charge in [-0.15, -0.1) is 0 Å². The highest BCUT2D eigenvalue weighted by Crippen LogP contribution is 2.28. The summed E-state index contributed by atoms with van der Waals surface area (Å²) < 4.78 is 18.0. The lowest BCUT2D eigenvalue weighted by atomic mass is 10.2. The van der Waals surface area contributed by atoms with Crippen LogP contribution in [0.4, 0.5) is 10.5 Å². The zero-order chi connectivity index (χ0) is 21.8. The first-order chi connectivity index (χ1) is 15.0. The molecule has 10 heteroatoms. The maximum Gasteiger partial charge on any atom is 0.410 e. The third-order valence-electron chi connectivity index (χ3n) is 5.25. The maximum absolute atomic E-state index is 12.6. The van der Waals surface area contributed by atoms with Crippen molar-refractivity contribution in [2.45, 2.75) is 18.0 Å². The number of azo groups is 1.